The smallest absolute Gasteiger partial charge is 0.412 e. The molecule has 0 bridgehead atoms. The van der Waals surface area contributed by atoms with Crippen LogP contribution in [0.4, 0.5) is 9.59 Å². The third-order valence-corrected chi connectivity index (χ3v) is 6.84. The summed E-state index contributed by atoms with van der Waals surface area (Å²) in [5.41, 5.74) is 1.44. The highest BCUT2D eigenvalue weighted by atomic mass is 16.6. The Morgan fingerprint density at radius 2 is 1.00 bits per heavy atom. The van der Waals surface area contributed by atoms with Crippen molar-refractivity contribution < 1.29 is 38.9 Å². The molecule has 4 aromatic rings. The van der Waals surface area contributed by atoms with Gasteiger partial charge < -0.3 is 30.3 Å². The normalized spacial score (nSPS) is 11.7. The number of carbonyl (C=O) groups excluding carboxylic acids is 2. The summed E-state index contributed by atoms with van der Waals surface area (Å²) in [5.74, 6) is -1.59. The Balaban J connectivity index is 1.70. The number of benzene rings is 4. The van der Waals surface area contributed by atoms with Crippen LogP contribution in [0.5, 0.6) is 11.5 Å². The molecule has 2 amide bonds. The summed E-state index contributed by atoms with van der Waals surface area (Å²) in [7, 11) is 0. The van der Waals surface area contributed by atoms with Gasteiger partial charge in [0, 0.05) is 35.4 Å². The second-order valence-corrected chi connectivity index (χ2v) is 9.91. The lowest BCUT2D eigenvalue weighted by atomic mass is 9.92. The maximum absolute atomic E-state index is 12.9. The van der Waals surface area contributed by atoms with Crippen LogP contribution in [0.15, 0.2) is 96.1 Å². The molecule has 0 aromatic heterocycles. The van der Waals surface area contributed by atoms with Crippen molar-refractivity contribution in [1.82, 2.24) is 10.6 Å². The van der Waals surface area contributed by atoms with Crippen LogP contribution in [0.3, 0.4) is 0 Å². The third-order valence-electron chi connectivity index (χ3n) is 6.84. The SMILES string of the molecule is C/C(=C\CCNC(=O)Oc1ccc2ccccc2c1-c1c(OC(=O)NCC/C=C(\C)C(=O)O)ccc2ccccc12)C(=O)O. The lowest BCUT2D eigenvalue weighted by Crippen LogP contribution is -2.28. The largest absolute Gasteiger partial charge is 0.478 e. The zero-order valence-corrected chi connectivity index (χ0v) is 24.3. The Hall–Kier alpha value is -5.64. The first-order valence-electron chi connectivity index (χ1n) is 13.9. The maximum Gasteiger partial charge on any atom is 0.412 e. The molecule has 0 saturated heterocycles. The Bertz CT molecular complexity index is 1660. The monoisotopic (exact) mass is 596 g/mol. The quantitative estimate of drug-likeness (QED) is 0.111. The van der Waals surface area contributed by atoms with Gasteiger partial charge in [0.25, 0.3) is 0 Å². The number of rotatable bonds is 11. The average Bonchev–Trinajstić information content (AvgIpc) is 3.01. The van der Waals surface area contributed by atoms with E-state index in [0.29, 0.717) is 24.0 Å². The van der Waals surface area contributed by atoms with Crippen LogP contribution in [0.25, 0.3) is 32.7 Å². The fourth-order valence-corrected chi connectivity index (χ4v) is 4.56. The highest BCUT2D eigenvalue weighted by molar-refractivity contribution is 6.10. The lowest BCUT2D eigenvalue weighted by molar-refractivity contribution is -0.133. The van der Waals surface area contributed by atoms with Crippen molar-refractivity contribution in [3.63, 3.8) is 0 Å². The summed E-state index contributed by atoms with van der Waals surface area (Å²) in [6, 6.07) is 22.1. The standard InChI is InChI=1S/C34H32N2O8/c1-21(31(37)38)9-7-19-35-33(41)43-27-17-15-23-11-3-5-13-25(23)29(27)30-26-14-6-4-12-24(26)16-18-28(30)44-34(42)36-20-8-10-22(2)32(39)40/h3-6,9-18H,7-8,19-20H2,1-2H3,(H,35,41)(H,36,42)(H,37,38)(H,39,40)/b21-9+,22-10+. The molecule has 0 unspecified atom stereocenters. The van der Waals surface area contributed by atoms with Crippen molar-refractivity contribution in [2.24, 2.45) is 0 Å². The molecule has 4 N–H and O–H groups in total. The molecule has 4 rings (SSSR count). The van der Waals surface area contributed by atoms with E-state index in [4.69, 9.17) is 19.7 Å². The molecule has 10 nitrogen and oxygen atoms in total. The highest BCUT2D eigenvalue weighted by Gasteiger charge is 2.22. The van der Waals surface area contributed by atoms with Crippen molar-refractivity contribution in [3.8, 4) is 22.6 Å². The van der Waals surface area contributed by atoms with E-state index in [2.05, 4.69) is 10.6 Å². The molecular formula is C34H32N2O8. The summed E-state index contributed by atoms with van der Waals surface area (Å²) in [6.07, 6.45) is 2.18. The van der Waals surface area contributed by atoms with Gasteiger partial charge in [0.05, 0.1) is 0 Å². The number of nitrogens with one attached hydrogen (secondary N) is 2. The molecule has 0 aliphatic heterocycles. The fraction of sp³-hybridized carbons (Fsp3) is 0.176. The van der Waals surface area contributed by atoms with E-state index in [1.807, 2.05) is 60.7 Å². The van der Waals surface area contributed by atoms with Crippen LogP contribution >= 0.6 is 0 Å². The number of amides is 2. The molecule has 4 aromatic carbocycles. The van der Waals surface area contributed by atoms with E-state index in [-0.39, 0.29) is 35.7 Å². The molecule has 0 spiro atoms. The molecule has 0 fully saturated rings. The Kier molecular flexibility index (Phi) is 10.3. The zero-order chi connectivity index (χ0) is 31.6. The molecule has 0 aliphatic carbocycles. The Morgan fingerprint density at radius 3 is 1.39 bits per heavy atom. The first kappa shape index (κ1) is 31.3. The highest BCUT2D eigenvalue weighted by Crippen LogP contribution is 2.45. The van der Waals surface area contributed by atoms with Gasteiger partial charge in [0.15, 0.2) is 0 Å². The number of carbonyl (C=O) groups is 4. The van der Waals surface area contributed by atoms with Gasteiger partial charge in [0.2, 0.25) is 0 Å². The molecule has 0 saturated carbocycles. The van der Waals surface area contributed by atoms with Crippen molar-refractivity contribution in [2.45, 2.75) is 26.7 Å². The number of carboxylic acid groups (broad SMARTS) is 2. The van der Waals surface area contributed by atoms with Crippen molar-refractivity contribution in [2.75, 3.05) is 13.1 Å². The summed E-state index contributed by atoms with van der Waals surface area (Å²) in [4.78, 5) is 47.8. The van der Waals surface area contributed by atoms with Gasteiger partial charge in [-0.3, -0.25) is 0 Å². The van der Waals surface area contributed by atoms with E-state index in [1.165, 1.54) is 26.0 Å². The minimum absolute atomic E-state index is 0.163. The number of aliphatic carboxylic acids is 2. The Morgan fingerprint density at radius 1 is 0.614 bits per heavy atom. The molecular weight excluding hydrogens is 564 g/mol. The molecule has 10 heteroatoms. The van der Waals surface area contributed by atoms with Crippen LogP contribution in [0, 0.1) is 0 Å². The molecule has 0 aliphatic rings. The van der Waals surface area contributed by atoms with Crippen LogP contribution in [0.2, 0.25) is 0 Å². The van der Waals surface area contributed by atoms with E-state index >= 15 is 0 Å². The van der Waals surface area contributed by atoms with Crippen molar-refractivity contribution in [1.29, 1.82) is 0 Å². The summed E-state index contributed by atoms with van der Waals surface area (Å²) in [5, 5.41) is 26.6. The summed E-state index contributed by atoms with van der Waals surface area (Å²) >= 11 is 0. The Labute approximate surface area is 253 Å². The number of carboxylic acids is 2. The molecule has 0 atom stereocenters. The van der Waals surface area contributed by atoms with Gasteiger partial charge in [-0.15, -0.1) is 0 Å². The fourth-order valence-electron chi connectivity index (χ4n) is 4.56. The van der Waals surface area contributed by atoms with E-state index < -0.39 is 24.1 Å². The van der Waals surface area contributed by atoms with E-state index in [0.717, 1.165) is 21.5 Å². The van der Waals surface area contributed by atoms with Crippen LogP contribution in [-0.2, 0) is 9.59 Å². The van der Waals surface area contributed by atoms with E-state index in [9.17, 15) is 19.2 Å². The molecule has 44 heavy (non-hydrogen) atoms. The number of ether oxygens (including phenoxy) is 2. The lowest BCUT2D eigenvalue weighted by Gasteiger charge is -2.19. The molecule has 0 heterocycles. The van der Waals surface area contributed by atoms with Gasteiger partial charge in [0.1, 0.15) is 11.5 Å². The summed E-state index contributed by atoms with van der Waals surface area (Å²) in [6.45, 7) is 3.28. The second-order valence-electron chi connectivity index (χ2n) is 9.91. The van der Waals surface area contributed by atoms with Gasteiger partial charge >= 0.3 is 24.1 Å². The van der Waals surface area contributed by atoms with Crippen LogP contribution < -0.4 is 20.1 Å². The van der Waals surface area contributed by atoms with Crippen LogP contribution in [0.1, 0.15) is 26.7 Å². The topological polar surface area (TPSA) is 151 Å². The van der Waals surface area contributed by atoms with Crippen molar-refractivity contribution >= 4 is 45.7 Å². The average molecular weight is 597 g/mol. The summed E-state index contributed by atoms with van der Waals surface area (Å²) < 4.78 is 11.6. The maximum atomic E-state index is 12.9. The second kappa shape index (κ2) is 14.5. The first-order valence-corrected chi connectivity index (χ1v) is 13.9. The molecule has 226 valence electrons. The zero-order valence-electron chi connectivity index (χ0n) is 24.3. The first-order chi connectivity index (χ1) is 21.2. The molecule has 0 radical (unpaired) electrons. The minimum Gasteiger partial charge on any atom is -0.478 e. The van der Waals surface area contributed by atoms with Gasteiger partial charge in [-0.1, -0.05) is 72.8 Å². The predicted octanol–water partition coefficient (Wildman–Crippen LogP) is 6.68. The van der Waals surface area contributed by atoms with Gasteiger partial charge in [-0.05, 0) is 60.4 Å². The minimum atomic E-state index is -1.03. The van der Waals surface area contributed by atoms with E-state index in [1.54, 1.807) is 12.1 Å². The predicted molar refractivity (Wildman–Crippen MR) is 167 cm³/mol. The number of fused-ring (bicyclic) bond motifs is 2. The van der Waals surface area contributed by atoms with Crippen molar-refractivity contribution in [3.05, 3.63) is 96.1 Å². The number of hydrogen-bond acceptors (Lipinski definition) is 6. The van der Waals surface area contributed by atoms with Gasteiger partial charge in [-0.25, -0.2) is 19.2 Å². The number of hydrogen-bond donors (Lipinski definition) is 4. The third kappa shape index (κ3) is 7.80. The van der Waals surface area contributed by atoms with Gasteiger partial charge in [-0.2, -0.15) is 0 Å². The van der Waals surface area contributed by atoms with Crippen LogP contribution in [-0.4, -0.2) is 47.4 Å².